The molecule has 2 aromatic rings. The third-order valence-electron chi connectivity index (χ3n) is 2.96. The molecule has 2 rings (SSSR count). The summed E-state index contributed by atoms with van der Waals surface area (Å²) in [6.07, 6.45) is -0.617. The van der Waals surface area contributed by atoms with Crippen LogP contribution in [0.5, 0.6) is 0 Å². The monoisotopic (exact) mass is 246 g/mol. The predicted molar refractivity (Wildman–Crippen MR) is 71.4 cm³/mol. The lowest BCUT2D eigenvalue weighted by molar-refractivity contribution is 0.219. The lowest BCUT2D eigenvalue weighted by atomic mass is 9.96. The Kier molecular flexibility index (Phi) is 3.51. The number of aliphatic hydroxyl groups is 1. The first-order valence-corrected chi connectivity index (χ1v) is 5.97. The van der Waals surface area contributed by atoms with Crippen molar-refractivity contribution in [3.63, 3.8) is 0 Å². The zero-order chi connectivity index (χ0) is 12.4. The van der Waals surface area contributed by atoms with Crippen LogP contribution in [0.15, 0.2) is 42.5 Å². The van der Waals surface area contributed by atoms with Gasteiger partial charge >= 0.3 is 0 Å². The van der Waals surface area contributed by atoms with Crippen LogP contribution in [-0.2, 0) is 0 Å². The van der Waals surface area contributed by atoms with Gasteiger partial charge in [-0.3, -0.25) is 0 Å². The number of rotatable bonds is 2. The molecule has 0 heterocycles. The Morgan fingerprint density at radius 1 is 1.06 bits per heavy atom. The Hall–Kier alpha value is -1.31. The first kappa shape index (κ1) is 12.2. The summed E-state index contributed by atoms with van der Waals surface area (Å²) in [5, 5.41) is 11.1. The summed E-state index contributed by atoms with van der Waals surface area (Å²) in [5.41, 5.74) is 3.84. The highest BCUT2D eigenvalue weighted by Gasteiger charge is 2.13. The van der Waals surface area contributed by atoms with Crippen molar-refractivity contribution in [2.75, 3.05) is 0 Å². The Morgan fingerprint density at radius 3 is 2.47 bits per heavy atom. The van der Waals surface area contributed by atoms with Crippen LogP contribution in [0.4, 0.5) is 0 Å². The molecule has 0 aliphatic heterocycles. The summed E-state index contributed by atoms with van der Waals surface area (Å²) in [7, 11) is 0. The Bertz CT molecular complexity index is 534. The number of hydrogen-bond donors (Lipinski definition) is 1. The van der Waals surface area contributed by atoms with E-state index in [1.54, 1.807) is 0 Å². The van der Waals surface area contributed by atoms with E-state index >= 15 is 0 Å². The summed E-state index contributed by atoms with van der Waals surface area (Å²) in [4.78, 5) is 0. The third-order valence-corrected chi connectivity index (χ3v) is 3.37. The Morgan fingerprint density at radius 2 is 1.76 bits per heavy atom. The SMILES string of the molecule is Cc1cccc(C(O)c2cccc(Cl)c2C)c1. The van der Waals surface area contributed by atoms with Crippen LogP contribution in [0, 0.1) is 13.8 Å². The second-order valence-electron chi connectivity index (χ2n) is 4.27. The largest absolute Gasteiger partial charge is 0.384 e. The van der Waals surface area contributed by atoms with E-state index in [0.717, 1.165) is 22.3 Å². The fourth-order valence-corrected chi connectivity index (χ4v) is 2.12. The summed E-state index contributed by atoms with van der Waals surface area (Å²) in [6, 6.07) is 13.5. The predicted octanol–water partition coefficient (Wildman–Crippen LogP) is 4.04. The number of halogens is 1. The summed E-state index contributed by atoms with van der Waals surface area (Å²) < 4.78 is 0. The lowest BCUT2D eigenvalue weighted by Gasteiger charge is -2.15. The standard InChI is InChI=1S/C15H15ClO/c1-10-5-3-6-12(9-10)15(17)13-7-4-8-14(16)11(13)2/h3-9,15,17H,1-2H3. The molecule has 0 aromatic heterocycles. The van der Waals surface area contributed by atoms with E-state index in [-0.39, 0.29) is 0 Å². The van der Waals surface area contributed by atoms with E-state index in [9.17, 15) is 5.11 Å². The van der Waals surface area contributed by atoms with Gasteiger partial charge in [0.25, 0.3) is 0 Å². The molecule has 1 unspecified atom stereocenters. The van der Waals surface area contributed by atoms with Crippen LogP contribution in [0.2, 0.25) is 5.02 Å². The van der Waals surface area contributed by atoms with Crippen molar-refractivity contribution < 1.29 is 5.11 Å². The van der Waals surface area contributed by atoms with Gasteiger partial charge in [0, 0.05) is 5.02 Å². The van der Waals surface area contributed by atoms with Gasteiger partial charge in [0.2, 0.25) is 0 Å². The van der Waals surface area contributed by atoms with Crippen molar-refractivity contribution in [3.8, 4) is 0 Å². The van der Waals surface area contributed by atoms with Gasteiger partial charge in [-0.2, -0.15) is 0 Å². The van der Waals surface area contributed by atoms with E-state index in [4.69, 9.17) is 11.6 Å². The average Bonchev–Trinajstić information content (AvgIpc) is 2.32. The van der Waals surface area contributed by atoms with Crippen LogP contribution < -0.4 is 0 Å². The molecule has 1 nitrogen and oxygen atoms in total. The number of hydrogen-bond acceptors (Lipinski definition) is 1. The first-order valence-electron chi connectivity index (χ1n) is 5.59. The van der Waals surface area contributed by atoms with Crippen LogP contribution in [0.1, 0.15) is 28.4 Å². The minimum atomic E-state index is -0.617. The molecule has 2 heteroatoms. The molecule has 0 saturated carbocycles. The average molecular weight is 247 g/mol. The van der Waals surface area contributed by atoms with Crippen molar-refractivity contribution >= 4 is 11.6 Å². The summed E-state index contributed by atoms with van der Waals surface area (Å²) >= 11 is 6.07. The molecule has 17 heavy (non-hydrogen) atoms. The maximum absolute atomic E-state index is 10.4. The molecule has 0 spiro atoms. The zero-order valence-corrected chi connectivity index (χ0v) is 10.7. The molecule has 0 saturated heterocycles. The lowest BCUT2D eigenvalue weighted by Crippen LogP contribution is -2.02. The minimum absolute atomic E-state index is 0.617. The van der Waals surface area contributed by atoms with Gasteiger partial charge in [-0.1, -0.05) is 53.6 Å². The topological polar surface area (TPSA) is 20.2 Å². The summed E-state index contributed by atoms with van der Waals surface area (Å²) in [5.74, 6) is 0. The van der Waals surface area contributed by atoms with Crippen molar-refractivity contribution in [1.82, 2.24) is 0 Å². The maximum atomic E-state index is 10.4. The zero-order valence-electron chi connectivity index (χ0n) is 9.94. The maximum Gasteiger partial charge on any atom is 0.104 e. The molecule has 1 atom stereocenters. The van der Waals surface area contributed by atoms with Gasteiger partial charge in [0.05, 0.1) is 0 Å². The number of aryl methyl sites for hydroxylation is 1. The normalized spacial score (nSPS) is 12.5. The molecule has 0 aliphatic rings. The fourth-order valence-electron chi connectivity index (χ4n) is 1.94. The highest BCUT2D eigenvalue weighted by atomic mass is 35.5. The molecule has 88 valence electrons. The van der Waals surface area contributed by atoms with Gasteiger partial charge in [-0.05, 0) is 36.6 Å². The van der Waals surface area contributed by atoms with Crippen molar-refractivity contribution in [3.05, 3.63) is 69.7 Å². The first-order chi connectivity index (χ1) is 8.09. The van der Waals surface area contributed by atoms with E-state index in [0.29, 0.717) is 5.02 Å². The fraction of sp³-hybridized carbons (Fsp3) is 0.200. The molecule has 0 fully saturated rings. The highest BCUT2D eigenvalue weighted by Crippen LogP contribution is 2.28. The van der Waals surface area contributed by atoms with Gasteiger partial charge < -0.3 is 5.11 Å². The van der Waals surface area contributed by atoms with Crippen LogP contribution in [-0.4, -0.2) is 5.11 Å². The van der Waals surface area contributed by atoms with E-state index in [1.165, 1.54) is 0 Å². The van der Waals surface area contributed by atoms with Crippen molar-refractivity contribution in [2.24, 2.45) is 0 Å². The van der Waals surface area contributed by atoms with E-state index in [2.05, 4.69) is 0 Å². The molecule has 2 aromatic carbocycles. The molecule has 0 amide bonds. The van der Waals surface area contributed by atoms with Crippen LogP contribution in [0.25, 0.3) is 0 Å². The van der Waals surface area contributed by atoms with Crippen LogP contribution in [0.3, 0.4) is 0 Å². The third kappa shape index (κ3) is 2.51. The van der Waals surface area contributed by atoms with Crippen molar-refractivity contribution in [2.45, 2.75) is 20.0 Å². The molecule has 0 aliphatic carbocycles. The van der Waals surface area contributed by atoms with Crippen molar-refractivity contribution in [1.29, 1.82) is 0 Å². The molecular weight excluding hydrogens is 232 g/mol. The minimum Gasteiger partial charge on any atom is -0.384 e. The van der Waals surface area contributed by atoms with Gasteiger partial charge in [-0.15, -0.1) is 0 Å². The van der Waals surface area contributed by atoms with Gasteiger partial charge in [0.1, 0.15) is 6.10 Å². The smallest absolute Gasteiger partial charge is 0.104 e. The number of aliphatic hydroxyl groups excluding tert-OH is 1. The second kappa shape index (κ2) is 4.91. The molecular formula is C15H15ClO. The van der Waals surface area contributed by atoms with Crippen LogP contribution >= 0.6 is 11.6 Å². The van der Waals surface area contributed by atoms with E-state index in [1.807, 2.05) is 56.3 Å². The molecule has 0 radical (unpaired) electrons. The highest BCUT2D eigenvalue weighted by molar-refractivity contribution is 6.31. The Balaban J connectivity index is 2.44. The van der Waals surface area contributed by atoms with E-state index < -0.39 is 6.10 Å². The summed E-state index contributed by atoms with van der Waals surface area (Å²) in [6.45, 7) is 3.94. The number of benzene rings is 2. The van der Waals surface area contributed by atoms with Gasteiger partial charge in [0.15, 0.2) is 0 Å². The molecule has 1 N–H and O–H groups in total. The van der Waals surface area contributed by atoms with Gasteiger partial charge in [-0.25, -0.2) is 0 Å². The molecule has 0 bridgehead atoms. The quantitative estimate of drug-likeness (QED) is 0.848. The Labute approximate surface area is 107 Å². The second-order valence-corrected chi connectivity index (χ2v) is 4.68.